The van der Waals surface area contributed by atoms with Crippen molar-refractivity contribution in [3.8, 4) is 17.0 Å². The summed E-state index contributed by atoms with van der Waals surface area (Å²) in [5, 5.41) is 0. The van der Waals surface area contributed by atoms with E-state index < -0.39 is 5.41 Å². The van der Waals surface area contributed by atoms with Gasteiger partial charge in [-0.25, -0.2) is 9.97 Å². The summed E-state index contributed by atoms with van der Waals surface area (Å²) >= 11 is 0. The molecule has 5 heteroatoms. The van der Waals surface area contributed by atoms with Gasteiger partial charge in [-0.2, -0.15) is 0 Å². The molecule has 0 unspecified atom stereocenters. The van der Waals surface area contributed by atoms with Gasteiger partial charge < -0.3 is 14.5 Å². The van der Waals surface area contributed by atoms with Crippen molar-refractivity contribution in [2.75, 3.05) is 0 Å². The second-order valence-electron chi connectivity index (χ2n) is 7.85. The van der Waals surface area contributed by atoms with Crippen molar-refractivity contribution >= 4 is 17.5 Å². The molecule has 0 bridgehead atoms. The lowest BCUT2D eigenvalue weighted by Crippen LogP contribution is -2.16. The van der Waals surface area contributed by atoms with Gasteiger partial charge in [-0.05, 0) is 29.7 Å². The standard InChI is InChI=1S/C24H23N3O2/c1-24(2,16-28)12-19-13-25-23-22(19)27-21(14-26-23)18-9-6-10-20(11-18)29-15-17-7-4-3-5-8-17/h3-11,13-14,16H,12,15H2,1-2H3,(H,25,26). The quantitative estimate of drug-likeness (QED) is 0.456. The fraction of sp³-hybridized carbons (Fsp3) is 0.208. The van der Waals surface area contributed by atoms with E-state index in [1.165, 1.54) is 0 Å². The third-order valence-corrected chi connectivity index (χ3v) is 4.80. The van der Waals surface area contributed by atoms with Crippen LogP contribution < -0.4 is 4.74 Å². The summed E-state index contributed by atoms with van der Waals surface area (Å²) in [7, 11) is 0. The molecule has 0 fully saturated rings. The SMILES string of the molecule is CC(C)(C=O)Cc1c[nH]c2ncc(-c3cccc(OCc4ccccc4)c3)nc12. The third-order valence-electron chi connectivity index (χ3n) is 4.80. The molecular formula is C24H23N3O2. The van der Waals surface area contributed by atoms with Gasteiger partial charge in [0.05, 0.1) is 11.9 Å². The number of nitrogens with zero attached hydrogens (tertiary/aromatic N) is 2. The van der Waals surface area contributed by atoms with Crippen molar-refractivity contribution in [1.82, 2.24) is 15.0 Å². The number of fused-ring (bicyclic) bond motifs is 1. The van der Waals surface area contributed by atoms with E-state index in [0.717, 1.165) is 45.6 Å². The highest BCUT2D eigenvalue weighted by molar-refractivity contribution is 5.79. The van der Waals surface area contributed by atoms with Gasteiger partial charge in [0.25, 0.3) is 0 Å². The first-order chi connectivity index (χ1) is 14.0. The number of carbonyl (C=O) groups is 1. The lowest BCUT2D eigenvalue weighted by atomic mass is 9.88. The normalized spacial score (nSPS) is 11.5. The maximum Gasteiger partial charge on any atom is 0.156 e. The molecule has 0 aliphatic carbocycles. The topological polar surface area (TPSA) is 67.9 Å². The number of aromatic amines is 1. The predicted octanol–water partition coefficient (Wildman–Crippen LogP) is 4.97. The molecule has 2 aromatic carbocycles. The van der Waals surface area contributed by atoms with Crippen LogP contribution >= 0.6 is 0 Å². The number of hydrogen-bond acceptors (Lipinski definition) is 4. The number of H-pyrrole nitrogens is 1. The first-order valence-corrected chi connectivity index (χ1v) is 9.60. The van der Waals surface area contributed by atoms with Gasteiger partial charge >= 0.3 is 0 Å². The van der Waals surface area contributed by atoms with E-state index in [9.17, 15) is 4.79 Å². The second-order valence-corrected chi connectivity index (χ2v) is 7.85. The van der Waals surface area contributed by atoms with Gasteiger partial charge in [0, 0.05) is 17.2 Å². The molecule has 2 heterocycles. The summed E-state index contributed by atoms with van der Waals surface area (Å²) in [6, 6.07) is 17.9. The van der Waals surface area contributed by atoms with E-state index in [4.69, 9.17) is 9.72 Å². The van der Waals surface area contributed by atoms with Crippen molar-refractivity contribution in [3.63, 3.8) is 0 Å². The van der Waals surface area contributed by atoms with Gasteiger partial charge in [0.2, 0.25) is 0 Å². The number of hydrogen-bond donors (Lipinski definition) is 1. The molecule has 0 radical (unpaired) electrons. The van der Waals surface area contributed by atoms with Crippen LogP contribution in [0.25, 0.3) is 22.4 Å². The van der Waals surface area contributed by atoms with E-state index in [0.29, 0.717) is 13.0 Å². The minimum absolute atomic E-state index is 0.446. The molecule has 2 aromatic heterocycles. The Labute approximate surface area is 169 Å². The largest absolute Gasteiger partial charge is 0.489 e. The van der Waals surface area contributed by atoms with E-state index in [1.54, 1.807) is 6.20 Å². The molecule has 0 amide bonds. The average molecular weight is 385 g/mol. The average Bonchev–Trinajstić information content (AvgIpc) is 3.14. The maximum absolute atomic E-state index is 11.3. The molecule has 0 saturated carbocycles. The minimum Gasteiger partial charge on any atom is -0.489 e. The number of nitrogens with one attached hydrogen (secondary N) is 1. The summed E-state index contributed by atoms with van der Waals surface area (Å²) in [5.74, 6) is 0.782. The molecule has 29 heavy (non-hydrogen) atoms. The van der Waals surface area contributed by atoms with Crippen LogP contribution in [0.4, 0.5) is 0 Å². The molecule has 4 aromatic rings. The summed E-state index contributed by atoms with van der Waals surface area (Å²) in [6.07, 6.45) is 5.23. The van der Waals surface area contributed by atoms with E-state index in [1.807, 2.05) is 74.6 Å². The van der Waals surface area contributed by atoms with Crippen molar-refractivity contribution in [2.24, 2.45) is 5.41 Å². The van der Waals surface area contributed by atoms with Crippen LogP contribution in [-0.4, -0.2) is 21.2 Å². The zero-order chi connectivity index (χ0) is 20.3. The first kappa shape index (κ1) is 18.9. The van der Waals surface area contributed by atoms with Crippen LogP contribution in [0.1, 0.15) is 25.0 Å². The smallest absolute Gasteiger partial charge is 0.156 e. The highest BCUT2D eigenvalue weighted by Gasteiger charge is 2.20. The Morgan fingerprint density at radius 2 is 1.93 bits per heavy atom. The van der Waals surface area contributed by atoms with Crippen LogP contribution in [0.5, 0.6) is 5.75 Å². The van der Waals surface area contributed by atoms with Crippen LogP contribution in [0, 0.1) is 5.41 Å². The molecule has 0 spiro atoms. The van der Waals surface area contributed by atoms with E-state index in [-0.39, 0.29) is 0 Å². The van der Waals surface area contributed by atoms with Crippen molar-refractivity contribution in [1.29, 1.82) is 0 Å². The fourth-order valence-electron chi connectivity index (χ4n) is 3.23. The monoisotopic (exact) mass is 385 g/mol. The Hall–Kier alpha value is -3.47. The fourth-order valence-corrected chi connectivity index (χ4v) is 3.23. The number of benzene rings is 2. The van der Waals surface area contributed by atoms with Crippen molar-refractivity contribution < 1.29 is 9.53 Å². The van der Waals surface area contributed by atoms with Gasteiger partial charge in [0.1, 0.15) is 24.2 Å². The van der Waals surface area contributed by atoms with E-state index >= 15 is 0 Å². The van der Waals surface area contributed by atoms with Gasteiger partial charge in [-0.1, -0.05) is 56.3 Å². The maximum atomic E-state index is 11.3. The Bertz CT molecular complexity index is 1130. The van der Waals surface area contributed by atoms with Gasteiger partial charge in [-0.15, -0.1) is 0 Å². The number of rotatable bonds is 7. The molecule has 0 atom stereocenters. The second kappa shape index (κ2) is 7.87. The van der Waals surface area contributed by atoms with Crippen molar-refractivity contribution in [3.05, 3.63) is 78.1 Å². The number of carbonyl (C=O) groups excluding carboxylic acids is 1. The molecule has 5 nitrogen and oxygen atoms in total. The first-order valence-electron chi connectivity index (χ1n) is 9.60. The van der Waals surface area contributed by atoms with Crippen LogP contribution in [0.15, 0.2) is 67.0 Å². The van der Waals surface area contributed by atoms with Crippen LogP contribution in [0.2, 0.25) is 0 Å². The Morgan fingerprint density at radius 1 is 1.10 bits per heavy atom. The lowest BCUT2D eigenvalue weighted by Gasteiger charge is -2.15. The Morgan fingerprint density at radius 3 is 2.72 bits per heavy atom. The predicted molar refractivity (Wildman–Crippen MR) is 114 cm³/mol. The van der Waals surface area contributed by atoms with Crippen LogP contribution in [-0.2, 0) is 17.8 Å². The summed E-state index contributed by atoms with van der Waals surface area (Å²) < 4.78 is 5.94. The molecule has 0 aliphatic heterocycles. The molecular weight excluding hydrogens is 362 g/mol. The van der Waals surface area contributed by atoms with Gasteiger partial charge in [0.15, 0.2) is 5.65 Å². The zero-order valence-electron chi connectivity index (χ0n) is 16.6. The number of aromatic nitrogens is 3. The molecule has 0 aliphatic rings. The summed E-state index contributed by atoms with van der Waals surface area (Å²) in [4.78, 5) is 23.8. The number of aldehydes is 1. The third kappa shape index (κ3) is 4.35. The van der Waals surface area contributed by atoms with Crippen LogP contribution in [0.3, 0.4) is 0 Å². The molecule has 1 N–H and O–H groups in total. The Kier molecular flexibility index (Phi) is 5.12. The number of ether oxygens (including phenoxy) is 1. The molecule has 4 rings (SSSR count). The lowest BCUT2D eigenvalue weighted by molar-refractivity contribution is -0.114. The van der Waals surface area contributed by atoms with Gasteiger partial charge in [-0.3, -0.25) is 0 Å². The van der Waals surface area contributed by atoms with E-state index in [2.05, 4.69) is 9.97 Å². The highest BCUT2D eigenvalue weighted by atomic mass is 16.5. The summed E-state index contributed by atoms with van der Waals surface area (Å²) in [6.45, 7) is 4.35. The minimum atomic E-state index is -0.446. The zero-order valence-corrected chi connectivity index (χ0v) is 16.6. The summed E-state index contributed by atoms with van der Waals surface area (Å²) in [5.41, 5.74) is 4.89. The molecule has 146 valence electrons. The highest BCUT2D eigenvalue weighted by Crippen LogP contribution is 2.27. The van der Waals surface area contributed by atoms with Crippen molar-refractivity contribution in [2.45, 2.75) is 26.9 Å². The molecule has 0 saturated heterocycles. The Balaban J connectivity index is 1.60.